The Morgan fingerprint density at radius 1 is 1.03 bits per heavy atom. The molecule has 6 nitrogen and oxygen atoms in total. The summed E-state index contributed by atoms with van der Waals surface area (Å²) in [5.74, 6) is -0.268. The summed E-state index contributed by atoms with van der Waals surface area (Å²) in [5.41, 5.74) is 0.841. The molecule has 0 aliphatic rings. The van der Waals surface area contributed by atoms with Crippen molar-refractivity contribution < 1.29 is 18.7 Å². The minimum absolute atomic E-state index is 0.0486. The Morgan fingerprint density at radius 3 is 2.44 bits per heavy atom. The number of hydrogen-bond donors (Lipinski definition) is 2. The summed E-state index contributed by atoms with van der Waals surface area (Å²) >= 11 is 3.45. The van der Waals surface area contributed by atoms with E-state index in [0.29, 0.717) is 30.2 Å². The molecule has 0 aliphatic carbocycles. The van der Waals surface area contributed by atoms with E-state index >= 15 is 0 Å². The molecule has 0 spiro atoms. The van der Waals surface area contributed by atoms with Gasteiger partial charge in [0.05, 0.1) is 4.47 Å². The highest BCUT2D eigenvalue weighted by molar-refractivity contribution is 9.10. The molecule has 0 fully saturated rings. The molecule has 0 aromatic heterocycles. The van der Waals surface area contributed by atoms with E-state index < -0.39 is 17.6 Å². The number of nitrogens with zero attached hydrogens (tertiary/aromatic N) is 1. The van der Waals surface area contributed by atoms with Gasteiger partial charge in [0.25, 0.3) is 11.8 Å². The zero-order valence-corrected chi connectivity index (χ0v) is 20.4. The molecule has 2 N–H and O–H groups in total. The van der Waals surface area contributed by atoms with E-state index in [-0.39, 0.29) is 11.3 Å². The summed E-state index contributed by atoms with van der Waals surface area (Å²) in [6.07, 6.45) is 1.56. The molecule has 0 atom stereocenters. The van der Waals surface area contributed by atoms with Gasteiger partial charge in [-0.05, 0) is 84.1 Å². The monoisotopic (exact) mass is 525 g/mol. The number of hydrogen-bond acceptors (Lipinski definition) is 4. The SMILES string of the molecule is CN(C)CCNC(=O)C(=Cc1ccc(Oc2ccccc2Br)cc1)NC(=O)c1cccc(F)c1. The third-order valence-electron chi connectivity index (χ3n) is 4.68. The summed E-state index contributed by atoms with van der Waals surface area (Å²) in [5, 5.41) is 5.39. The summed E-state index contributed by atoms with van der Waals surface area (Å²) in [4.78, 5) is 27.4. The van der Waals surface area contributed by atoms with Crippen LogP contribution in [0.4, 0.5) is 4.39 Å². The standard InChI is InChI=1S/C26H25BrFN3O3/c1-31(2)15-14-29-26(33)23(30-25(32)19-6-5-7-20(28)17-19)16-18-10-12-21(13-11-18)34-24-9-4-3-8-22(24)27/h3-13,16-17H,14-15H2,1-2H3,(H,29,33)(H,30,32). The number of benzene rings is 3. The van der Waals surface area contributed by atoms with Gasteiger partial charge in [-0.1, -0.05) is 30.3 Å². The lowest BCUT2D eigenvalue weighted by atomic mass is 10.1. The van der Waals surface area contributed by atoms with Crippen molar-refractivity contribution in [3.05, 3.63) is 99.9 Å². The minimum Gasteiger partial charge on any atom is -0.456 e. The lowest BCUT2D eigenvalue weighted by molar-refractivity contribution is -0.117. The molecule has 0 heterocycles. The van der Waals surface area contributed by atoms with E-state index in [9.17, 15) is 14.0 Å². The van der Waals surface area contributed by atoms with Crippen molar-refractivity contribution in [3.63, 3.8) is 0 Å². The second-order valence-electron chi connectivity index (χ2n) is 7.68. The number of carbonyl (C=O) groups excluding carboxylic acids is 2. The first-order valence-electron chi connectivity index (χ1n) is 10.6. The fraction of sp³-hybridized carbons (Fsp3) is 0.154. The van der Waals surface area contributed by atoms with E-state index in [1.807, 2.05) is 43.3 Å². The topological polar surface area (TPSA) is 70.7 Å². The van der Waals surface area contributed by atoms with Crippen LogP contribution in [0.1, 0.15) is 15.9 Å². The fourth-order valence-corrected chi connectivity index (χ4v) is 3.29. The molecule has 176 valence electrons. The van der Waals surface area contributed by atoms with Crippen molar-refractivity contribution in [2.45, 2.75) is 0 Å². The van der Waals surface area contributed by atoms with Crippen LogP contribution >= 0.6 is 15.9 Å². The normalized spacial score (nSPS) is 11.3. The predicted octanol–water partition coefficient (Wildman–Crippen LogP) is 4.83. The quantitative estimate of drug-likeness (QED) is 0.392. The molecule has 3 aromatic rings. The molecule has 8 heteroatoms. The maximum absolute atomic E-state index is 13.5. The van der Waals surface area contributed by atoms with Gasteiger partial charge in [-0.2, -0.15) is 0 Å². The molecule has 0 radical (unpaired) electrons. The Morgan fingerprint density at radius 2 is 1.76 bits per heavy atom. The van der Waals surface area contributed by atoms with E-state index in [1.165, 1.54) is 18.2 Å². The number of carbonyl (C=O) groups is 2. The van der Waals surface area contributed by atoms with E-state index in [1.54, 1.807) is 30.3 Å². The first kappa shape index (κ1) is 25.1. The average molecular weight is 526 g/mol. The molecule has 3 rings (SSSR count). The van der Waals surface area contributed by atoms with Gasteiger partial charge in [0.1, 0.15) is 23.0 Å². The fourth-order valence-electron chi connectivity index (χ4n) is 2.92. The first-order valence-corrected chi connectivity index (χ1v) is 11.3. The highest BCUT2D eigenvalue weighted by atomic mass is 79.9. The molecule has 0 aliphatic heterocycles. The van der Waals surface area contributed by atoms with Crippen LogP contribution in [0, 0.1) is 5.82 Å². The van der Waals surface area contributed by atoms with Crippen LogP contribution in [0.2, 0.25) is 0 Å². The highest BCUT2D eigenvalue weighted by Gasteiger charge is 2.15. The molecule has 0 bridgehead atoms. The predicted molar refractivity (Wildman–Crippen MR) is 134 cm³/mol. The maximum atomic E-state index is 13.5. The lowest BCUT2D eigenvalue weighted by Crippen LogP contribution is -2.37. The third-order valence-corrected chi connectivity index (χ3v) is 5.33. The number of para-hydroxylation sites is 1. The van der Waals surface area contributed by atoms with Crippen LogP contribution in [0.25, 0.3) is 6.08 Å². The third kappa shape index (κ3) is 7.54. The number of nitrogens with one attached hydrogen (secondary N) is 2. The molecular formula is C26H25BrFN3O3. The molecule has 34 heavy (non-hydrogen) atoms. The molecule has 0 saturated heterocycles. The van der Waals surface area contributed by atoms with E-state index in [2.05, 4.69) is 26.6 Å². The van der Waals surface area contributed by atoms with Gasteiger partial charge in [0.15, 0.2) is 0 Å². The van der Waals surface area contributed by atoms with Crippen molar-refractivity contribution in [2.24, 2.45) is 0 Å². The van der Waals surface area contributed by atoms with E-state index in [4.69, 9.17) is 4.74 Å². The number of ether oxygens (including phenoxy) is 1. The van der Waals surface area contributed by atoms with Crippen LogP contribution in [0.5, 0.6) is 11.5 Å². The zero-order valence-electron chi connectivity index (χ0n) is 18.8. The maximum Gasteiger partial charge on any atom is 0.267 e. The zero-order chi connectivity index (χ0) is 24.5. The Balaban J connectivity index is 1.79. The number of halogens is 2. The molecule has 3 aromatic carbocycles. The summed E-state index contributed by atoms with van der Waals surface area (Å²) in [6.45, 7) is 1.04. The number of likely N-dealkylation sites (N-methyl/N-ethyl adjacent to an activating group) is 1. The van der Waals surface area contributed by atoms with Crippen LogP contribution < -0.4 is 15.4 Å². The molecule has 0 saturated carbocycles. The second-order valence-corrected chi connectivity index (χ2v) is 8.54. The Labute approximate surface area is 206 Å². The van der Waals surface area contributed by atoms with Crippen molar-refractivity contribution in [2.75, 3.05) is 27.2 Å². The second kappa shape index (κ2) is 12.1. The molecular weight excluding hydrogens is 501 g/mol. The van der Waals surface area contributed by atoms with Gasteiger partial charge in [-0.25, -0.2) is 4.39 Å². The van der Waals surface area contributed by atoms with Crippen molar-refractivity contribution >= 4 is 33.8 Å². The number of rotatable bonds is 9. The van der Waals surface area contributed by atoms with E-state index in [0.717, 1.165) is 10.5 Å². The summed E-state index contributed by atoms with van der Waals surface area (Å²) in [7, 11) is 3.79. The van der Waals surface area contributed by atoms with Crippen molar-refractivity contribution in [3.8, 4) is 11.5 Å². The highest BCUT2D eigenvalue weighted by Crippen LogP contribution is 2.29. The van der Waals surface area contributed by atoms with Crippen LogP contribution in [0.15, 0.2) is 83.0 Å². The number of amides is 2. The van der Waals surface area contributed by atoms with Crippen LogP contribution in [0.3, 0.4) is 0 Å². The van der Waals surface area contributed by atoms with Crippen molar-refractivity contribution in [1.82, 2.24) is 15.5 Å². The average Bonchev–Trinajstić information content (AvgIpc) is 2.81. The largest absolute Gasteiger partial charge is 0.456 e. The van der Waals surface area contributed by atoms with Crippen LogP contribution in [-0.2, 0) is 4.79 Å². The van der Waals surface area contributed by atoms with Gasteiger partial charge in [-0.15, -0.1) is 0 Å². The lowest BCUT2D eigenvalue weighted by Gasteiger charge is -2.13. The Kier molecular flexibility index (Phi) is 8.95. The van der Waals surface area contributed by atoms with Gasteiger partial charge < -0.3 is 20.3 Å². The van der Waals surface area contributed by atoms with Gasteiger partial charge in [0, 0.05) is 18.7 Å². The van der Waals surface area contributed by atoms with Crippen molar-refractivity contribution in [1.29, 1.82) is 0 Å². The summed E-state index contributed by atoms with van der Waals surface area (Å²) in [6, 6.07) is 19.9. The van der Waals surface area contributed by atoms with Gasteiger partial charge >= 0.3 is 0 Å². The molecule has 0 unspecified atom stereocenters. The van der Waals surface area contributed by atoms with Gasteiger partial charge in [-0.3, -0.25) is 9.59 Å². The van der Waals surface area contributed by atoms with Gasteiger partial charge in [0.2, 0.25) is 0 Å². The van der Waals surface area contributed by atoms with Crippen LogP contribution in [-0.4, -0.2) is 43.9 Å². The first-order chi connectivity index (χ1) is 16.3. The minimum atomic E-state index is -0.581. The summed E-state index contributed by atoms with van der Waals surface area (Å²) < 4.78 is 20.2. The molecule has 2 amide bonds. The Hall–Kier alpha value is -3.49. The Bertz CT molecular complexity index is 1180. The smallest absolute Gasteiger partial charge is 0.267 e.